The Hall–Kier alpha value is -1.29. The number of amides is 1. The Morgan fingerprint density at radius 1 is 1.17 bits per heavy atom. The molecule has 0 heterocycles. The summed E-state index contributed by atoms with van der Waals surface area (Å²) >= 11 is 5.04. The quantitative estimate of drug-likeness (QED) is 0.595. The van der Waals surface area contributed by atoms with Gasteiger partial charge in [0, 0.05) is 8.04 Å². The maximum atomic E-state index is 13.0. The van der Waals surface area contributed by atoms with Crippen LogP contribution in [0.4, 0.5) is 18.9 Å². The molecule has 0 aromatic heterocycles. The summed E-state index contributed by atoms with van der Waals surface area (Å²) in [5.74, 6) is -0.221. The summed E-state index contributed by atoms with van der Waals surface area (Å²) in [6.45, 7) is -0.384. The molecular formula is C15H10BrF3INO2. The van der Waals surface area contributed by atoms with Gasteiger partial charge in [0.1, 0.15) is 5.75 Å². The van der Waals surface area contributed by atoms with Gasteiger partial charge in [-0.15, -0.1) is 0 Å². The lowest BCUT2D eigenvalue weighted by Crippen LogP contribution is -2.22. The molecule has 0 aliphatic heterocycles. The van der Waals surface area contributed by atoms with E-state index in [9.17, 15) is 18.0 Å². The number of benzene rings is 2. The van der Waals surface area contributed by atoms with Crippen molar-refractivity contribution in [1.29, 1.82) is 0 Å². The summed E-state index contributed by atoms with van der Waals surface area (Å²) in [5, 5.41) is 2.23. The minimum absolute atomic E-state index is 0.290. The fraction of sp³-hybridized carbons (Fsp3) is 0.133. The maximum absolute atomic E-state index is 13.0. The molecule has 3 nitrogen and oxygen atoms in total. The van der Waals surface area contributed by atoms with Gasteiger partial charge in [-0.25, -0.2) is 0 Å². The van der Waals surface area contributed by atoms with Crippen LogP contribution < -0.4 is 10.1 Å². The predicted molar refractivity (Wildman–Crippen MR) is 92.4 cm³/mol. The van der Waals surface area contributed by atoms with Crippen LogP contribution in [0, 0.1) is 3.57 Å². The molecule has 0 saturated carbocycles. The number of hydrogen-bond donors (Lipinski definition) is 1. The van der Waals surface area contributed by atoms with E-state index >= 15 is 0 Å². The molecule has 0 aliphatic rings. The zero-order chi connectivity index (χ0) is 17.0. The average molecular weight is 500 g/mol. The maximum Gasteiger partial charge on any atom is 0.418 e. The van der Waals surface area contributed by atoms with Crippen LogP contribution in [0.5, 0.6) is 5.75 Å². The normalized spacial score (nSPS) is 11.2. The van der Waals surface area contributed by atoms with E-state index in [0.717, 1.165) is 10.5 Å². The number of hydrogen-bond acceptors (Lipinski definition) is 2. The number of ether oxygens (including phenoxy) is 1. The molecular weight excluding hydrogens is 490 g/mol. The van der Waals surface area contributed by atoms with Gasteiger partial charge in [0.15, 0.2) is 6.61 Å². The Kier molecular flexibility index (Phi) is 5.90. The van der Waals surface area contributed by atoms with Crippen LogP contribution in [0.3, 0.4) is 0 Å². The first kappa shape index (κ1) is 18.1. The lowest BCUT2D eigenvalue weighted by molar-refractivity contribution is -0.137. The van der Waals surface area contributed by atoms with E-state index in [-0.39, 0.29) is 12.3 Å². The molecule has 23 heavy (non-hydrogen) atoms. The Bertz CT molecular complexity index is 705. The summed E-state index contributed by atoms with van der Waals surface area (Å²) in [6, 6.07) is 10.4. The van der Waals surface area contributed by atoms with E-state index in [4.69, 9.17) is 4.74 Å². The van der Waals surface area contributed by atoms with Gasteiger partial charge in [0.05, 0.1) is 11.3 Å². The lowest BCUT2D eigenvalue weighted by atomic mass is 10.1. The van der Waals surface area contributed by atoms with Crippen LogP contribution in [-0.4, -0.2) is 12.5 Å². The highest BCUT2D eigenvalue weighted by atomic mass is 127. The second kappa shape index (κ2) is 7.52. The largest absolute Gasteiger partial charge is 0.484 e. The number of carbonyl (C=O) groups is 1. The fourth-order valence-corrected chi connectivity index (χ4v) is 2.48. The van der Waals surface area contributed by atoms with E-state index in [1.807, 2.05) is 0 Å². The number of halogens is 5. The van der Waals surface area contributed by atoms with Gasteiger partial charge in [-0.3, -0.25) is 4.79 Å². The predicted octanol–water partition coefficient (Wildman–Crippen LogP) is 5.09. The first-order valence-corrected chi connectivity index (χ1v) is 8.18. The Morgan fingerprint density at radius 2 is 1.83 bits per heavy atom. The first-order chi connectivity index (χ1) is 10.8. The molecule has 122 valence electrons. The number of carbonyl (C=O) groups excluding carboxylic acids is 1. The van der Waals surface area contributed by atoms with Crippen LogP contribution in [0.25, 0.3) is 0 Å². The molecule has 1 N–H and O–H groups in total. The van der Waals surface area contributed by atoms with Crippen LogP contribution in [0.1, 0.15) is 5.56 Å². The van der Waals surface area contributed by atoms with Crippen molar-refractivity contribution in [2.75, 3.05) is 11.9 Å². The molecule has 0 unspecified atom stereocenters. The number of alkyl halides is 3. The second-order valence-corrected chi connectivity index (χ2v) is 6.64. The molecule has 0 fully saturated rings. The number of nitrogens with one attached hydrogen (secondary N) is 1. The molecule has 2 aromatic rings. The summed E-state index contributed by atoms with van der Waals surface area (Å²) in [5.41, 5.74) is -1.18. The summed E-state index contributed by atoms with van der Waals surface area (Å²) in [6.07, 6.45) is -4.55. The highest BCUT2D eigenvalue weighted by Gasteiger charge is 2.34. The molecule has 0 aliphatic carbocycles. The van der Waals surface area contributed by atoms with E-state index in [1.165, 1.54) is 12.1 Å². The smallest absolute Gasteiger partial charge is 0.418 e. The second-order valence-electron chi connectivity index (χ2n) is 4.48. The third kappa shape index (κ3) is 5.38. The van der Waals surface area contributed by atoms with E-state index < -0.39 is 17.6 Å². The molecule has 1 amide bonds. The van der Waals surface area contributed by atoms with E-state index in [2.05, 4.69) is 21.2 Å². The monoisotopic (exact) mass is 499 g/mol. The molecule has 2 rings (SSSR count). The van der Waals surface area contributed by atoms with E-state index in [1.54, 1.807) is 46.9 Å². The van der Waals surface area contributed by atoms with Gasteiger partial charge < -0.3 is 10.1 Å². The van der Waals surface area contributed by atoms with Gasteiger partial charge in [0.2, 0.25) is 0 Å². The van der Waals surface area contributed by atoms with Gasteiger partial charge >= 0.3 is 6.18 Å². The van der Waals surface area contributed by atoms with Crippen molar-refractivity contribution in [2.45, 2.75) is 6.18 Å². The zero-order valence-corrected chi connectivity index (χ0v) is 15.2. The molecule has 0 bridgehead atoms. The molecule has 2 aromatic carbocycles. The van der Waals surface area contributed by atoms with Gasteiger partial charge in [-0.2, -0.15) is 13.2 Å². The molecule has 0 radical (unpaired) electrons. The van der Waals surface area contributed by atoms with Crippen molar-refractivity contribution in [3.63, 3.8) is 0 Å². The highest BCUT2D eigenvalue weighted by Crippen LogP contribution is 2.35. The summed E-state index contributed by atoms with van der Waals surface area (Å²) in [4.78, 5) is 11.8. The van der Waals surface area contributed by atoms with Crippen LogP contribution in [0.2, 0.25) is 0 Å². The van der Waals surface area contributed by atoms with Crippen molar-refractivity contribution in [3.8, 4) is 5.75 Å². The van der Waals surface area contributed by atoms with Crippen LogP contribution in [-0.2, 0) is 11.0 Å². The SMILES string of the molecule is O=C(COc1ccc(Br)cc1)Nc1ccc(I)cc1C(F)(F)F. The van der Waals surface area contributed by atoms with Crippen molar-refractivity contribution in [2.24, 2.45) is 0 Å². The van der Waals surface area contributed by atoms with Crippen LogP contribution >= 0.6 is 38.5 Å². The standard InChI is InChI=1S/C15H10BrF3INO2/c16-9-1-4-11(5-2-9)23-8-14(22)21-13-6-3-10(20)7-12(13)15(17,18)19/h1-7H,8H2,(H,21,22). The fourth-order valence-electron chi connectivity index (χ4n) is 1.73. The molecule has 8 heteroatoms. The Morgan fingerprint density at radius 3 is 2.43 bits per heavy atom. The molecule has 0 atom stereocenters. The summed E-state index contributed by atoms with van der Waals surface area (Å²) < 4.78 is 45.4. The van der Waals surface area contributed by atoms with Gasteiger partial charge in [0.25, 0.3) is 5.91 Å². The van der Waals surface area contributed by atoms with Crippen molar-refractivity contribution >= 4 is 50.1 Å². The van der Waals surface area contributed by atoms with Gasteiger partial charge in [-0.1, -0.05) is 15.9 Å². The van der Waals surface area contributed by atoms with Crippen molar-refractivity contribution in [1.82, 2.24) is 0 Å². The van der Waals surface area contributed by atoms with Gasteiger partial charge in [-0.05, 0) is 65.1 Å². The first-order valence-electron chi connectivity index (χ1n) is 6.30. The zero-order valence-electron chi connectivity index (χ0n) is 11.5. The average Bonchev–Trinajstić information content (AvgIpc) is 2.47. The molecule has 0 spiro atoms. The van der Waals surface area contributed by atoms with Crippen molar-refractivity contribution in [3.05, 3.63) is 56.1 Å². The minimum atomic E-state index is -4.55. The third-order valence-electron chi connectivity index (χ3n) is 2.74. The summed E-state index contributed by atoms with van der Waals surface area (Å²) in [7, 11) is 0. The lowest BCUT2D eigenvalue weighted by Gasteiger charge is -2.14. The highest BCUT2D eigenvalue weighted by molar-refractivity contribution is 14.1. The Labute approximate surface area is 152 Å². The third-order valence-corrected chi connectivity index (χ3v) is 3.94. The number of anilines is 1. The Balaban J connectivity index is 2.04. The van der Waals surface area contributed by atoms with E-state index in [0.29, 0.717) is 9.32 Å². The van der Waals surface area contributed by atoms with Crippen LogP contribution in [0.15, 0.2) is 46.9 Å². The minimum Gasteiger partial charge on any atom is -0.484 e. The number of rotatable bonds is 4. The topological polar surface area (TPSA) is 38.3 Å². The molecule has 0 saturated heterocycles. The van der Waals surface area contributed by atoms with Crippen molar-refractivity contribution < 1.29 is 22.7 Å².